The van der Waals surface area contributed by atoms with Crippen LogP contribution >= 0.6 is 0 Å². The van der Waals surface area contributed by atoms with Crippen LogP contribution in [0.15, 0.2) is 41.1 Å². The molecule has 150 valence electrons. The van der Waals surface area contributed by atoms with E-state index < -0.39 is 0 Å². The van der Waals surface area contributed by atoms with Gasteiger partial charge in [0.25, 0.3) is 0 Å². The van der Waals surface area contributed by atoms with Crippen molar-refractivity contribution < 1.29 is 9.21 Å². The zero-order valence-electron chi connectivity index (χ0n) is 16.9. The summed E-state index contributed by atoms with van der Waals surface area (Å²) in [6.07, 6.45) is 9.01. The number of rotatable bonds is 4. The first-order chi connectivity index (χ1) is 13.5. The Bertz CT molecular complexity index is 772. The summed E-state index contributed by atoms with van der Waals surface area (Å²) < 4.78 is 4.98. The normalized spacial score (nSPS) is 22.0. The predicted molar refractivity (Wildman–Crippen MR) is 108 cm³/mol. The maximum Gasteiger partial charge on any atom is 0.315 e. The van der Waals surface area contributed by atoms with E-state index in [1.165, 1.54) is 37.6 Å². The number of carbonyl (C=O) groups excluding carboxylic acids is 1. The summed E-state index contributed by atoms with van der Waals surface area (Å²) in [5.41, 5.74) is 2.65. The Morgan fingerprint density at radius 1 is 1.11 bits per heavy atom. The molecule has 1 amide bonds. The molecule has 1 unspecified atom stereocenters. The zero-order valence-corrected chi connectivity index (χ0v) is 16.9. The number of carbonyl (C=O) groups is 1. The number of hydrogen-bond donors (Lipinski definition) is 1. The topological polar surface area (TPSA) is 71.3 Å². The van der Waals surface area contributed by atoms with E-state index in [4.69, 9.17) is 4.42 Å². The summed E-state index contributed by atoms with van der Waals surface area (Å²) in [6.45, 7) is 5.93. The molecule has 3 fully saturated rings. The molecule has 0 radical (unpaired) electrons. The van der Waals surface area contributed by atoms with E-state index in [9.17, 15) is 4.79 Å². The molecule has 5 rings (SSSR count). The molecule has 1 aliphatic heterocycles. The lowest BCUT2D eigenvalue weighted by molar-refractivity contribution is -0.133. The zero-order chi connectivity index (χ0) is 19.6. The Morgan fingerprint density at radius 2 is 1.79 bits per heavy atom. The smallest absolute Gasteiger partial charge is 0.315 e. The second kappa shape index (κ2) is 7.57. The quantitative estimate of drug-likeness (QED) is 0.865. The van der Waals surface area contributed by atoms with Crippen LogP contribution in [-0.4, -0.2) is 40.1 Å². The predicted octanol–water partition coefficient (Wildman–Crippen LogP) is 4.01. The minimum absolute atomic E-state index is 0.115. The molecule has 6 nitrogen and oxygen atoms in total. The maximum atomic E-state index is 12.2. The first-order valence-electron chi connectivity index (χ1n) is 10.4. The number of nitrogens with zero attached hydrogens (tertiary/aromatic N) is 3. The monoisotopic (exact) mass is 382 g/mol. The second-order valence-corrected chi connectivity index (χ2v) is 8.86. The Hall–Kier alpha value is -2.37. The summed E-state index contributed by atoms with van der Waals surface area (Å²) in [5.74, 6) is 0.115. The van der Waals surface area contributed by atoms with Gasteiger partial charge < -0.3 is 14.6 Å². The van der Waals surface area contributed by atoms with Gasteiger partial charge in [-0.3, -0.25) is 4.79 Å². The van der Waals surface area contributed by atoms with Gasteiger partial charge >= 0.3 is 6.01 Å². The van der Waals surface area contributed by atoms with Crippen molar-refractivity contribution in [3.05, 3.63) is 42.3 Å². The van der Waals surface area contributed by atoms with E-state index in [1.807, 2.05) is 11.8 Å². The molecule has 3 aliphatic rings. The molecule has 2 aromatic rings. The van der Waals surface area contributed by atoms with Crippen LogP contribution in [0.3, 0.4) is 0 Å². The van der Waals surface area contributed by atoms with Gasteiger partial charge in [0.05, 0.1) is 0 Å². The number of anilines is 1. The van der Waals surface area contributed by atoms with E-state index in [2.05, 4.69) is 52.8 Å². The van der Waals surface area contributed by atoms with E-state index in [-0.39, 0.29) is 11.9 Å². The van der Waals surface area contributed by atoms with E-state index in [0.717, 1.165) is 25.9 Å². The number of hydrogen-bond acceptors (Lipinski definition) is 5. The molecular formula is C22H30N4O2. The van der Waals surface area contributed by atoms with Crippen LogP contribution in [0.1, 0.15) is 57.9 Å². The third kappa shape index (κ3) is 4.37. The largest absolute Gasteiger partial charge is 0.411 e. The number of piperidine rings is 1. The van der Waals surface area contributed by atoms with Crippen molar-refractivity contribution in [2.24, 2.45) is 5.41 Å². The highest BCUT2D eigenvalue weighted by atomic mass is 16.4. The van der Waals surface area contributed by atoms with Crippen molar-refractivity contribution in [1.29, 1.82) is 0 Å². The number of benzene rings is 1. The molecule has 2 saturated carbocycles. The van der Waals surface area contributed by atoms with Gasteiger partial charge in [-0.25, -0.2) is 0 Å². The lowest BCUT2D eigenvalue weighted by Crippen LogP contribution is -2.45. The fourth-order valence-corrected chi connectivity index (χ4v) is 3.95. The van der Waals surface area contributed by atoms with Crippen molar-refractivity contribution in [1.82, 2.24) is 15.1 Å². The summed E-state index contributed by atoms with van der Waals surface area (Å²) in [4.78, 5) is 14.2. The average molecular weight is 383 g/mol. The number of amides is 1. The van der Waals surface area contributed by atoms with Gasteiger partial charge in [0, 0.05) is 13.1 Å². The fraction of sp³-hybridized carbons (Fsp3) is 0.591. The average Bonchev–Trinajstić information content (AvgIpc) is 3.61. The molecule has 0 bridgehead atoms. The Balaban J connectivity index is 0.000000162. The van der Waals surface area contributed by atoms with Gasteiger partial charge in [-0.1, -0.05) is 42.4 Å². The van der Waals surface area contributed by atoms with Crippen LogP contribution in [0.2, 0.25) is 0 Å². The molecule has 6 heteroatoms. The minimum atomic E-state index is -0.321. The first kappa shape index (κ1) is 19.0. The highest BCUT2D eigenvalue weighted by molar-refractivity contribution is 5.83. The van der Waals surface area contributed by atoms with E-state index >= 15 is 0 Å². The van der Waals surface area contributed by atoms with E-state index in [0.29, 0.717) is 16.8 Å². The molecule has 1 aromatic carbocycles. The minimum Gasteiger partial charge on any atom is -0.411 e. The Kier molecular flexibility index (Phi) is 5.13. The lowest BCUT2D eigenvalue weighted by atomic mass is 9.93. The van der Waals surface area contributed by atoms with Gasteiger partial charge in [0.1, 0.15) is 6.04 Å². The van der Waals surface area contributed by atoms with Crippen LogP contribution in [0.5, 0.6) is 0 Å². The SMILES string of the molecule is CC(Nc1nnco1)C(=O)N1CCC2(CC1)CC2.CC1(c2ccccc2)CC1. The number of aromatic nitrogens is 2. The number of likely N-dealkylation sites (tertiary alicyclic amines) is 1. The van der Waals surface area contributed by atoms with Gasteiger partial charge in [0.15, 0.2) is 0 Å². The molecule has 2 heterocycles. The molecule has 1 spiro atoms. The maximum absolute atomic E-state index is 12.2. The second-order valence-electron chi connectivity index (χ2n) is 8.86. The van der Waals surface area contributed by atoms with Gasteiger partial charge in [-0.2, -0.15) is 0 Å². The van der Waals surface area contributed by atoms with Crippen LogP contribution in [-0.2, 0) is 10.2 Å². The molecule has 1 aromatic heterocycles. The van der Waals surface area contributed by atoms with Crippen molar-refractivity contribution in [3.8, 4) is 0 Å². The first-order valence-corrected chi connectivity index (χ1v) is 10.4. The third-order valence-corrected chi connectivity index (χ3v) is 6.63. The summed E-state index contributed by atoms with van der Waals surface area (Å²) in [5, 5.41) is 10.2. The van der Waals surface area contributed by atoms with Crippen molar-refractivity contribution in [2.45, 2.75) is 63.8 Å². The van der Waals surface area contributed by atoms with Crippen molar-refractivity contribution in [3.63, 3.8) is 0 Å². The Morgan fingerprint density at radius 3 is 2.32 bits per heavy atom. The molecule has 28 heavy (non-hydrogen) atoms. The van der Waals surface area contributed by atoms with E-state index in [1.54, 1.807) is 0 Å². The van der Waals surface area contributed by atoms with Crippen LogP contribution in [0.4, 0.5) is 6.01 Å². The van der Waals surface area contributed by atoms with Crippen LogP contribution in [0.25, 0.3) is 0 Å². The third-order valence-electron chi connectivity index (χ3n) is 6.63. The van der Waals surface area contributed by atoms with Gasteiger partial charge in [-0.15, -0.1) is 5.10 Å². The summed E-state index contributed by atoms with van der Waals surface area (Å²) in [6, 6.07) is 10.8. The van der Waals surface area contributed by atoms with Crippen LogP contribution in [0, 0.1) is 5.41 Å². The van der Waals surface area contributed by atoms with Crippen molar-refractivity contribution >= 4 is 11.9 Å². The molecule has 1 atom stereocenters. The number of nitrogens with one attached hydrogen (secondary N) is 1. The van der Waals surface area contributed by atoms with Gasteiger partial charge in [-0.05, 0) is 61.8 Å². The summed E-state index contributed by atoms with van der Waals surface area (Å²) in [7, 11) is 0. The highest BCUT2D eigenvalue weighted by Gasteiger charge is 2.45. The fourth-order valence-electron chi connectivity index (χ4n) is 3.95. The molecule has 1 N–H and O–H groups in total. The molecule has 2 aliphatic carbocycles. The lowest BCUT2D eigenvalue weighted by Gasteiger charge is -2.33. The molecule has 1 saturated heterocycles. The van der Waals surface area contributed by atoms with Crippen molar-refractivity contribution in [2.75, 3.05) is 18.4 Å². The van der Waals surface area contributed by atoms with Gasteiger partial charge in [0.2, 0.25) is 12.3 Å². The standard InChI is InChI=1S/C12H18N4O2.C10H12/c1-9(14-11-15-13-8-18-11)10(17)16-6-4-12(2-3-12)5-7-16;1-10(7-8-10)9-5-3-2-4-6-9/h8-9H,2-7H2,1H3,(H,14,15);2-6H,7-8H2,1H3. The highest BCUT2D eigenvalue weighted by Crippen LogP contribution is 2.53. The summed E-state index contributed by atoms with van der Waals surface area (Å²) >= 11 is 0. The molecular weight excluding hydrogens is 352 g/mol. The van der Waals surface area contributed by atoms with Crippen LogP contribution < -0.4 is 5.32 Å². The Labute approximate surface area is 166 Å².